The Kier molecular flexibility index (Phi) is 5.75. The van der Waals surface area contributed by atoms with Gasteiger partial charge in [-0.25, -0.2) is 9.78 Å². The topological polar surface area (TPSA) is 114 Å². The molecule has 8 nitrogen and oxygen atoms in total. The second-order valence-electron chi connectivity index (χ2n) is 6.29. The summed E-state index contributed by atoms with van der Waals surface area (Å²) >= 11 is 0.974. The molecule has 0 saturated heterocycles. The van der Waals surface area contributed by atoms with Gasteiger partial charge >= 0.3 is 5.97 Å². The van der Waals surface area contributed by atoms with Gasteiger partial charge in [0.2, 0.25) is 5.91 Å². The van der Waals surface area contributed by atoms with E-state index < -0.39 is 11.9 Å². The number of aryl methyl sites for hydroxylation is 1. The summed E-state index contributed by atoms with van der Waals surface area (Å²) in [4.78, 5) is 41.7. The normalized spacial score (nSPS) is 10.6. The minimum atomic E-state index is -0.544. The van der Waals surface area contributed by atoms with Crippen LogP contribution in [0.3, 0.4) is 0 Å². The van der Waals surface area contributed by atoms with Gasteiger partial charge in [-0.15, -0.1) is 11.3 Å². The average molecular weight is 410 g/mol. The van der Waals surface area contributed by atoms with Crippen LogP contribution in [0.2, 0.25) is 0 Å². The third-order valence-electron chi connectivity index (χ3n) is 4.34. The Bertz CT molecular complexity index is 1220. The van der Waals surface area contributed by atoms with Crippen molar-refractivity contribution in [2.24, 2.45) is 0 Å². The zero-order chi connectivity index (χ0) is 21.1. The summed E-state index contributed by atoms with van der Waals surface area (Å²) in [5.74, 6) is -1.05. The van der Waals surface area contributed by atoms with Crippen molar-refractivity contribution in [3.63, 3.8) is 0 Å². The average Bonchev–Trinajstić information content (AvgIpc) is 3.00. The molecule has 0 aliphatic heterocycles. The molecule has 0 spiro atoms. The predicted molar refractivity (Wildman–Crippen MR) is 109 cm³/mol. The lowest BCUT2D eigenvalue weighted by molar-refractivity contribution is -0.116. The third kappa shape index (κ3) is 3.88. The first-order chi connectivity index (χ1) is 13.9. The molecule has 1 N–H and O–H groups in total. The molecule has 3 rings (SSSR count). The summed E-state index contributed by atoms with van der Waals surface area (Å²) in [5.41, 5.74) is 1.78. The van der Waals surface area contributed by atoms with Gasteiger partial charge in [0.15, 0.2) is 0 Å². The number of nitriles is 1. The van der Waals surface area contributed by atoms with E-state index in [1.165, 1.54) is 10.9 Å². The van der Waals surface area contributed by atoms with Crippen molar-refractivity contribution < 1.29 is 14.3 Å². The summed E-state index contributed by atoms with van der Waals surface area (Å²) in [6, 6.07) is 7.28. The van der Waals surface area contributed by atoms with Crippen LogP contribution in [-0.2, 0) is 16.1 Å². The number of anilines is 1. The van der Waals surface area contributed by atoms with E-state index in [1.807, 2.05) is 19.1 Å². The van der Waals surface area contributed by atoms with Crippen LogP contribution < -0.4 is 10.9 Å². The van der Waals surface area contributed by atoms with E-state index in [0.29, 0.717) is 16.5 Å². The van der Waals surface area contributed by atoms with Crippen LogP contribution in [0.1, 0.15) is 33.3 Å². The van der Waals surface area contributed by atoms with Crippen LogP contribution >= 0.6 is 11.3 Å². The number of benzene rings is 1. The molecule has 3 aromatic rings. The maximum Gasteiger partial charge on any atom is 0.348 e. The van der Waals surface area contributed by atoms with Crippen LogP contribution in [0.5, 0.6) is 0 Å². The van der Waals surface area contributed by atoms with Crippen molar-refractivity contribution in [3.05, 3.63) is 56.4 Å². The second kappa shape index (κ2) is 8.24. The highest BCUT2D eigenvalue weighted by atomic mass is 32.1. The van der Waals surface area contributed by atoms with Gasteiger partial charge in [0.1, 0.15) is 22.5 Å². The SMILES string of the molecule is CCOC(=O)c1sc(NC(=O)Cn2cnc3c(C)cccc3c2=O)c(C#N)c1C. The summed E-state index contributed by atoms with van der Waals surface area (Å²) in [5, 5.41) is 12.7. The lowest BCUT2D eigenvalue weighted by Crippen LogP contribution is -2.28. The van der Waals surface area contributed by atoms with Crippen molar-refractivity contribution in [2.45, 2.75) is 27.3 Å². The number of carbonyl (C=O) groups excluding carboxylic acids is 2. The fraction of sp³-hybridized carbons (Fsp3) is 0.250. The van der Waals surface area contributed by atoms with E-state index in [1.54, 1.807) is 26.0 Å². The van der Waals surface area contributed by atoms with Crippen LogP contribution in [0.25, 0.3) is 10.9 Å². The molecule has 0 saturated carbocycles. The number of para-hydroxylation sites is 1. The molecule has 29 heavy (non-hydrogen) atoms. The fourth-order valence-corrected chi connectivity index (χ4v) is 3.97. The van der Waals surface area contributed by atoms with Gasteiger partial charge in [-0.2, -0.15) is 5.26 Å². The highest BCUT2D eigenvalue weighted by Gasteiger charge is 2.22. The van der Waals surface area contributed by atoms with Gasteiger partial charge in [-0.3, -0.25) is 14.2 Å². The molecule has 148 valence electrons. The van der Waals surface area contributed by atoms with Crippen molar-refractivity contribution >= 4 is 39.1 Å². The number of nitrogens with one attached hydrogen (secondary N) is 1. The van der Waals surface area contributed by atoms with Crippen molar-refractivity contribution in [3.8, 4) is 6.07 Å². The molecule has 0 bridgehead atoms. The number of fused-ring (bicyclic) bond motifs is 1. The van der Waals surface area contributed by atoms with Crippen LogP contribution in [-0.4, -0.2) is 28.0 Å². The molecule has 0 fully saturated rings. The van der Waals surface area contributed by atoms with E-state index in [4.69, 9.17) is 4.74 Å². The molecule has 9 heteroatoms. The fourth-order valence-electron chi connectivity index (χ4n) is 2.90. The Morgan fingerprint density at radius 1 is 1.34 bits per heavy atom. The first-order valence-corrected chi connectivity index (χ1v) is 9.64. The Morgan fingerprint density at radius 2 is 2.10 bits per heavy atom. The zero-order valence-corrected chi connectivity index (χ0v) is 16.9. The number of amides is 1. The largest absolute Gasteiger partial charge is 0.462 e. The molecule has 0 atom stereocenters. The molecule has 1 aromatic carbocycles. The summed E-state index contributed by atoms with van der Waals surface area (Å²) in [7, 11) is 0. The van der Waals surface area contributed by atoms with Gasteiger partial charge in [0.05, 0.1) is 29.4 Å². The molecule has 0 aliphatic rings. The molecule has 0 unspecified atom stereocenters. The number of ether oxygens (including phenoxy) is 1. The van der Waals surface area contributed by atoms with Crippen molar-refractivity contribution in [2.75, 3.05) is 11.9 Å². The minimum Gasteiger partial charge on any atom is -0.462 e. The molecular formula is C20H18N4O4S. The molecule has 0 aliphatic carbocycles. The van der Waals surface area contributed by atoms with Gasteiger partial charge in [-0.1, -0.05) is 12.1 Å². The Balaban J connectivity index is 1.87. The van der Waals surface area contributed by atoms with E-state index >= 15 is 0 Å². The monoisotopic (exact) mass is 410 g/mol. The molecule has 1 amide bonds. The number of aromatic nitrogens is 2. The first-order valence-electron chi connectivity index (χ1n) is 8.82. The lowest BCUT2D eigenvalue weighted by Gasteiger charge is -2.08. The number of rotatable bonds is 5. The number of carbonyl (C=O) groups is 2. The second-order valence-corrected chi connectivity index (χ2v) is 7.31. The lowest BCUT2D eigenvalue weighted by atomic mass is 10.1. The van der Waals surface area contributed by atoms with Crippen molar-refractivity contribution in [1.82, 2.24) is 9.55 Å². The minimum absolute atomic E-state index is 0.200. The van der Waals surface area contributed by atoms with E-state index in [0.717, 1.165) is 16.9 Å². The van der Waals surface area contributed by atoms with Gasteiger partial charge in [-0.05, 0) is 38.0 Å². The Morgan fingerprint density at radius 3 is 2.79 bits per heavy atom. The highest BCUT2D eigenvalue weighted by molar-refractivity contribution is 7.18. The number of esters is 1. The molecule has 2 aromatic heterocycles. The summed E-state index contributed by atoms with van der Waals surface area (Å²) in [6.45, 7) is 5.10. The van der Waals surface area contributed by atoms with Gasteiger partial charge in [0, 0.05) is 0 Å². The summed E-state index contributed by atoms with van der Waals surface area (Å²) < 4.78 is 6.19. The third-order valence-corrected chi connectivity index (χ3v) is 5.53. The number of nitrogens with zero attached hydrogens (tertiary/aromatic N) is 3. The zero-order valence-electron chi connectivity index (χ0n) is 16.1. The van der Waals surface area contributed by atoms with Crippen LogP contribution in [0, 0.1) is 25.2 Å². The quantitative estimate of drug-likeness (QED) is 0.647. The van der Waals surface area contributed by atoms with E-state index in [9.17, 15) is 19.6 Å². The number of thiophene rings is 1. The van der Waals surface area contributed by atoms with E-state index in [-0.39, 0.29) is 34.2 Å². The van der Waals surface area contributed by atoms with E-state index in [2.05, 4.69) is 10.3 Å². The molecule has 2 heterocycles. The van der Waals surface area contributed by atoms with Crippen molar-refractivity contribution in [1.29, 1.82) is 5.26 Å². The predicted octanol–water partition coefficient (Wildman–Crippen LogP) is 2.76. The Labute approximate surface area is 170 Å². The number of hydrogen-bond donors (Lipinski definition) is 1. The molecular weight excluding hydrogens is 392 g/mol. The maximum absolute atomic E-state index is 12.6. The maximum atomic E-state index is 12.6. The first kappa shape index (κ1) is 20.2. The van der Waals surface area contributed by atoms with Crippen LogP contribution in [0.4, 0.5) is 5.00 Å². The molecule has 0 radical (unpaired) electrons. The van der Waals surface area contributed by atoms with Gasteiger partial charge in [0.25, 0.3) is 5.56 Å². The Hall–Kier alpha value is -3.51. The smallest absolute Gasteiger partial charge is 0.348 e. The van der Waals surface area contributed by atoms with Crippen LogP contribution in [0.15, 0.2) is 29.3 Å². The van der Waals surface area contributed by atoms with Gasteiger partial charge < -0.3 is 10.1 Å². The number of hydrogen-bond acceptors (Lipinski definition) is 7. The standard InChI is InChI=1S/C20H18N4O4S/c1-4-28-20(27)17-12(3)14(8-21)18(29-17)23-15(25)9-24-10-22-16-11(2)6-5-7-13(16)19(24)26/h5-7,10H,4,9H2,1-3H3,(H,23,25). The summed E-state index contributed by atoms with van der Waals surface area (Å²) in [6.07, 6.45) is 1.33. The highest BCUT2D eigenvalue weighted by Crippen LogP contribution is 2.33.